The zero-order valence-electron chi connectivity index (χ0n) is 26.8. The van der Waals surface area contributed by atoms with E-state index < -0.39 is 0 Å². The van der Waals surface area contributed by atoms with Crippen molar-refractivity contribution in [1.29, 1.82) is 0 Å². The molecule has 0 radical (unpaired) electrons. The number of nitrogens with zero attached hydrogens (tertiary/aromatic N) is 6. The molecule has 0 aliphatic rings. The molecule has 6 heteroatoms. The lowest BCUT2D eigenvalue weighted by Crippen LogP contribution is -1.99. The molecule has 6 aromatic heterocycles. The van der Waals surface area contributed by atoms with Crippen LogP contribution in [0.2, 0.25) is 0 Å². The maximum Gasteiger partial charge on any atom is 0.138 e. The van der Waals surface area contributed by atoms with Gasteiger partial charge in [-0.1, -0.05) is 84.9 Å². The van der Waals surface area contributed by atoms with Crippen LogP contribution in [0, 0.1) is 0 Å². The number of aromatic nitrogens is 6. The third kappa shape index (κ3) is 4.50. The summed E-state index contributed by atoms with van der Waals surface area (Å²) in [4.78, 5) is 19.8. The van der Waals surface area contributed by atoms with Crippen molar-refractivity contribution in [2.45, 2.75) is 0 Å². The highest BCUT2D eigenvalue weighted by molar-refractivity contribution is 6.10. The Kier molecular flexibility index (Phi) is 6.39. The van der Waals surface area contributed by atoms with Gasteiger partial charge >= 0.3 is 0 Å². The molecule has 0 N–H and O–H groups in total. The SMILES string of the molecule is c1cc(-c2ccc(-c3ccc(-c4cccc(-n5c6ccccc6c6ccccc65)n4)cn3)nc2)nc(-n2c3ccccc3c3ccccc32)c1. The van der Waals surface area contributed by atoms with Crippen LogP contribution >= 0.6 is 0 Å². The predicted molar refractivity (Wildman–Crippen MR) is 203 cm³/mol. The fourth-order valence-electron chi connectivity index (χ4n) is 7.15. The molecule has 0 saturated carbocycles. The van der Waals surface area contributed by atoms with Crippen molar-refractivity contribution in [2.75, 3.05) is 0 Å². The summed E-state index contributed by atoms with van der Waals surface area (Å²) in [6, 6.07) is 54.3. The molecule has 0 aliphatic carbocycles. The van der Waals surface area contributed by atoms with E-state index in [9.17, 15) is 0 Å². The van der Waals surface area contributed by atoms with Crippen LogP contribution in [0.3, 0.4) is 0 Å². The molecule has 234 valence electrons. The Morgan fingerprint density at radius 3 is 1.00 bits per heavy atom. The Hall–Kier alpha value is -6.92. The summed E-state index contributed by atoms with van der Waals surface area (Å²) in [7, 11) is 0. The summed E-state index contributed by atoms with van der Waals surface area (Å²) in [5.41, 5.74) is 9.74. The van der Waals surface area contributed by atoms with Crippen molar-refractivity contribution < 1.29 is 0 Å². The fourth-order valence-corrected chi connectivity index (χ4v) is 7.15. The Labute approximate surface area is 287 Å². The second-order valence-electron chi connectivity index (χ2n) is 12.4. The quantitative estimate of drug-likeness (QED) is 0.188. The molecule has 0 unspecified atom stereocenters. The highest BCUT2D eigenvalue weighted by Crippen LogP contribution is 2.33. The van der Waals surface area contributed by atoms with Gasteiger partial charge in [0.05, 0.1) is 44.8 Å². The Morgan fingerprint density at radius 1 is 0.300 bits per heavy atom. The van der Waals surface area contributed by atoms with Crippen molar-refractivity contribution in [1.82, 2.24) is 29.1 Å². The smallest absolute Gasteiger partial charge is 0.138 e. The van der Waals surface area contributed by atoms with E-state index in [-0.39, 0.29) is 0 Å². The Bertz CT molecular complexity index is 2560. The standard InChI is InChI=1S/C44H28N6/c1-5-17-39-31(11-1)32-12-2-6-18-40(32)49(39)43-21-9-15-35(47-43)29-23-25-37(45-27-29)38-26-24-30(28-46-38)36-16-10-22-44(48-36)50-41-19-7-3-13-33(41)34-14-4-8-20-42(34)50/h1-28H. The molecular weight excluding hydrogens is 613 g/mol. The van der Waals surface area contributed by atoms with Crippen LogP contribution in [0.25, 0.3) is 89.2 Å². The molecule has 0 fully saturated rings. The monoisotopic (exact) mass is 640 g/mol. The summed E-state index contributed by atoms with van der Waals surface area (Å²) >= 11 is 0. The molecule has 0 aliphatic heterocycles. The van der Waals surface area contributed by atoms with E-state index in [0.717, 1.165) is 67.6 Å². The maximum atomic E-state index is 5.09. The largest absolute Gasteiger partial charge is 0.294 e. The molecule has 0 bridgehead atoms. The lowest BCUT2D eigenvalue weighted by Gasteiger charge is -2.10. The molecule has 50 heavy (non-hydrogen) atoms. The first kappa shape index (κ1) is 28.1. The van der Waals surface area contributed by atoms with Gasteiger partial charge in [-0.05, 0) is 72.8 Å². The van der Waals surface area contributed by atoms with Crippen molar-refractivity contribution >= 4 is 43.6 Å². The van der Waals surface area contributed by atoms with E-state index in [1.54, 1.807) is 0 Å². The summed E-state index contributed by atoms with van der Waals surface area (Å²) in [6.45, 7) is 0. The third-order valence-corrected chi connectivity index (χ3v) is 9.47. The second-order valence-corrected chi connectivity index (χ2v) is 12.4. The third-order valence-electron chi connectivity index (χ3n) is 9.47. The molecule has 0 atom stereocenters. The zero-order chi connectivity index (χ0) is 33.0. The average Bonchev–Trinajstić information content (AvgIpc) is 3.71. The van der Waals surface area contributed by atoms with E-state index in [1.807, 2.05) is 36.7 Å². The first-order valence-corrected chi connectivity index (χ1v) is 16.6. The maximum absolute atomic E-state index is 5.09. The summed E-state index contributed by atoms with van der Waals surface area (Å²) in [6.07, 6.45) is 3.75. The summed E-state index contributed by atoms with van der Waals surface area (Å²) < 4.78 is 4.46. The van der Waals surface area contributed by atoms with Gasteiger partial charge in [0, 0.05) is 45.1 Å². The van der Waals surface area contributed by atoms with E-state index in [1.165, 1.54) is 21.5 Å². The molecule has 0 amide bonds. The van der Waals surface area contributed by atoms with E-state index >= 15 is 0 Å². The molecule has 4 aromatic carbocycles. The van der Waals surface area contributed by atoms with Crippen LogP contribution in [0.4, 0.5) is 0 Å². The van der Waals surface area contributed by atoms with Gasteiger partial charge in [-0.2, -0.15) is 0 Å². The van der Waals surface area contributed by atoms with Crippen LogP contribution in [0.5, 0.6) is 0 Å². The van der Waals surface area contributed by atoms with E-state index in [4.69, 9.17) is 19.9 Å². The minimum atomic E-state index is 0.797. The lowest BCUT2D eigenvalue weighted by atomic mass is 10.1. The lowest BCUT2D eigenvalue weighted by molar-refractivity contribution is 1.08. The predicted octanol–water partition coefficient (Wildman–Crippen LogP) is 10.5. The molecule has 0 spiro atoms. The Balaban J connectivity index is 0.949. The highest BCUT2D eigenvalue weighted by atomic mass is 15.1. The first-order valence-electron chi connectivity index (χ1n) is 16.6. The molecular formula is C44H28N6. The number of pyridine rings is 4. The molecule has 10 rings (SSSR count). The van der Waals surface area contributed by atoms with Gasteiger partial charge in [0.25, 0.3) is 0 Å². The normalized spacial score (nSPS) is 11.6. The van der Waals surface area contributed by atoms with Crippen LogP contribution in [-0.2, 0) is 0 Å². The second kappa shape index (κ2) is 11.4. The van der Waals surface area contributed by atoms with Gasteiger partial charge in [-0.3, -0.25) is 19.1 Å². The van der Waals surface area contributed by atoms with Gasteiger partial charge in [0.15, 0.2) is 0 Å². The van der Waals surface area contributed by atoms with Crippen LogP contribution in [0.1, 0.15) is 0 Å². The van der Waals surface area contributed by atoms with Gasteiger partial charge < -0.3 is 0 Å². The average molecular weight is 641 g/mol. The van der Waals surface area contributed by atoms with Gasteiger partial charge in [-0.15, -0.1) is 0 Å². The van der Waals surface area contributed by atoms with E-state index in [2.05, 4.69) is 143 Å². The number of hydrogen-bond donors (Lipinski definition) is 0. The van der Waals surface area contributed by atoms with Crippen LogP contribution < -0.4 is 0 Å². The first-order chi connectivity index (χ1) is 24.8. The minimum Gasteiger partial charge on any atom is -0.294 e. The van der Waals surface area contributed by atoms with Gasteiger partial charge in [-0.25, -0.2) is 9.97 Å². The van der Waals surface area contributed by atoms with Gasteiger partial charge in [0.1, 0.15) is 11.6 Å². The Morgan fingerprint density at radius 2 is 0.660 bits per heavy atom. The van der Waals surface area contributed by atoms with Crippen molar-refractivity contribution in [3.8, 4) is 45.5 Å². The number of rotatable bonds is 5. The van der Waals surface area contributed by atoms with Crippen LogP contribution in [-0.4, -0.2) is 29.1 Å². The molecule has 6 nitrogen and oxygen atoms in total. The number of hydrogen-bond acceptors (Lipinski definition) is 4. The van der Waals surface area contributed by atoms with Crippen molar-refractivity contribution in [2.24, 2.45) is 0 Å². The highest BCUT2D eigenvalue weighted by Gasteiger charge is 2.15. The molecule has 10 aromatic rings. The van der Waals surface area contributed by atoms with Crippen molar-refractivity contribution in [3.05, 3.63) is 170 Å². The molecule has 6 heterocycles. The van der Waals surface area contributed by atoms with Gasteiger partial charge in [0.2, 0.25) is 0 Å². The number of fused-ring (bicyclic) bond motifs is 6. The summed E-state index contributed by atoms with van der Waals surface area (Å²) in [5.74, 6) is 1.74. The van der Waals surface area contributed by atoms with Crippen molar-refractivity contribution in [3.63, 3.8) is 0 Å². The minimum absolute atomic E-state index is 0.797. The summed E-state index contributed by atoms with van der Waals surface area (Å²) in [5, 5.41) is 4.86. The number of benzene rings is 4. The fraction of sp³-hybridized carbons (Fsp3) is 0. The van der Waals surface area contributed by atoms with E-state index in [0.29, 0.717) is 0 Å². The molecule has 0 saturated heterocycles. The van der Waals surface area contributed by atoms with Crippen LogP contribution in [0.15, 0.2) is 170 Å². The zero-order valence-corrected chi connectivity index (χ0v) is 26.8. The number of para-hydroxylation sites is 4. The topological polar surface area (TPSA) is 61.4 Å².